The number of carbonyl (C=O) groups is 1. The monoisotopic (exact) mass is 448 g/mol. The van der Waals surface area contributed by atoms with E-state index in [1.165, 1.54) is 0 Å². The normalized spacial score (nSPS) is 14.5. The van der Waals surface area contributed by atoms with E-state index in [1.54, 1.807) is 7.11 Å². The van der Waals surface area contributed by atoms with Gasteiger partial charge in [0.05, 0.1) is 12.8 Å². The zero-order chi connectivity index (χ0) is 23.5. The van der Waals surface area contributed by atoms with E-state index in [0.29, 0.717) is 30.6 Å². The molecule has 0 unspecified atom stereocenters. The first-order valence-electron chi connectivity index (χ1n) is 11.4. The van der Waals surface area contributed by atoms with Crippen LogP contribution >= 0.6 is 0 Å². The maximum absolute atomic E-state index is 13.0. The molecule has 2 aromatic heterocycles. The summed E-state index contributed by atoms with van der Waals surface area (Å²) in [7, 11) is 5.56. The van der Waals surface area contributed by atoms with Gasteiger partial charge in [-0.3, -0.25) is 9.89 Å². The standard InChI is InChI=1S/C25H32N6O2/c1-16(2)21-14-22(29-28-21)24(32)31-12-10-18(11-13-31)23-20(15-26-25(27-23)30(3)4)17-6-8-19(33-5)9-7-17/h6-9,14-16,18H,10-13H2,1-5H3,(H,28,29). The average Bonchev–Trinajstić information content (AvgIpc) is 3.34. The van der Waals surface area contributed by atoms with E-state index in [9.17, 15) is 4.79 Å². The van der Waals surface area contributed by atoms with E-state index in [0.717, 1.165) is 41.1 Å². The summed E-state index contributed by atoms with van der Waals surface area (Å²) < 4.78 is 5.30. The third-order valence-corrected chi connectivity index (χ3v) is 6.21. The number of likely N-dealkylation sites (tertiary alicyclic amines) is 1. The largest absolute Gasteiger partial charge is 0.497 e. The van der Waals surface area contributed by atoms with Crippen LogP contribution in [-0.4, -0.2) is 65.3 Å². The second-order valence-corrected chi connectivity index (χ2v) is 9.02. The maximum Gasteiger partial charge on any atom is 0.274 e. The fourth-order valence-electron chi connectivity index (χ4n) is 4.16. The van der Waals surface area contributed by atoms with Crippen LogP contribution in [0.5, 0.6) is 5.75 Å². The van der Waals surface area contributed by atoms with Gasteiger partial charge in [0.2, 0.25) is 5.95 Å². The minimum absolute atomic E-state index is 0.0105. The highest BCUT2D eigenvalue weighted by Crippen LogP contribution is 2.35. The molecule has 0 radical (unpaired) electrons. The van der Waals surface area contributed by atoms with Crippen molar-refractivity contribution in [2.75, 3.05) is 39.2 Å². The quantitative estimate of drug-likeness (QED) is 0.611. The van der Waals surface area contributed by atoms with Crippen LogP contribution in [0.2, 0.25) is 0 Å². The van der Waals surface area contributed by atoms with Gasteiger partial charge in [-0.25, -0.2) is 9.97 Å². The Kier molecular flexibility index (Phi) is 6.62. The highest BCUT2D eigenvalue weighted by Gasteiger charge is 2.29. The van der Waals surface area contributed by atoms with Crippen molar-refractivity contribution in [2.24, 2.45) is 0 Å². The number of piperidine rings is 1. The van der Waals surface area contributed by atoms with Gasteiger partial charge in [-0.15, -0.1) is 0 Å². The SMILES string of the molecule is COc1ccc(-c2cnc(N(C)C)nc2C2CCN(C(=O)c3cc(C(C)C)[nH]n3)CC2)cc1. The molecule has 0 aliphatic carbocycles. The molecule has 1 amide bonds. The van der Waals surface area contributed by atoms with E-state index in [1.807, 2.05) is 60.4 Å². The van der Waals surface area contributed by atoms with Crippen molar-refractivity contribution >= 4 is 11.9 Å². The minimum atomic E-state index is -0.0105. The molecule has 0 spiro atoms. The number of H-pyrrole nitrogens is 1. The zero-order valence-corrected chi connectivity index (χ0v) is 20.0. The number of methoxy groups -OCH3 is 1. The second-order valence-electron chi connectivity index (χ2n) is 9.02. The van der Waals surface area contributed by atoms with E-state index in [-0.39, 0.29) is 11.8 Å². The molecular formula is C25H32N6O2. The van der Waals surface area contributed by atoms with Crippen LogP contribution in [0.4, 0.5) is 5.95 Å². The molecule has 0 saturated carbocycles. The third-order valence-electron chi connectivity index (χ3n) is 6.21. The Morgan fingerprint density at radius 2 is 1.88 bits per heavy atom. The lowest BCUT2D eigenvalue weighted by Gasteiger charge is -2.32. The van der Waals surface area contributed by atoms with Crippen LogP contribution in [0, 0.1) is 0 Å². The van der Waals surface area contributed by atoms with Gasteiger partial charge in [-0.2, -0.15) is 5.10 Å². The van der Waals surface area contributed by atoms with Gasteiger partial charge < -0.3 is 14.5 Å². The van der Waals surface area contributed by atoms with Crippen LogP contribution in [0.1, 0.15) is 60.4 Å². The molecule has 174 valence electrons. The number of carbonyl (C=O) groups excluding carboxylic acids is 1. The first kappa shape index (κ1) is 22.8. The Balaban J connectivity index is 1.55. The number of anilines is 1. The van der Waals surface area contributed by atoms with Crippen molar-refractivity contribution < 1.29 is 9.53 Å². The van der Waals surface area contributed by atoms with Crippen molar-refractivity contribution in [1.29, 1.82) is 0 Å². The molecular weight excluding hydrogens is 416 g/mol. The summed E-state index contributed by atoms with van der Waals surface area (Å²) in [6.07, 6.45) is 3.61. The van der Waals surface area contributed by atoms with Gasteiger partial charge >= 0.3 is 0 Å². The summed E-state index contributed by atoms with van der Waals surface area (Å²) in [5.41, 5.74) is 4.60. The molecule has 0 bridgehead atoms. The average molecular weight is 449 g/mol. The summed E-state index contributed by atoms with van der Waals surface area (Å²) in [6, 6.07) is 9.86. The van der Waals surface area contributed by atoms with Crippen LogP contribution < -0.4 is 9.64 Å². The number of nitrogens with one attached hydrogen (secondary N) is 1. The van der Waals surface area contributed by atoms with Crippen LogP contribution in [-0.2, 0) is 0 Å². The van der Waals surface area contributed by atoms with Gasteiger partial charge in [0.25, 0.3) is 5.91 Å². The number of rotatable bonds is 6. The van der Waals surface area contributed by atoms with Gasteiger partial charge in [0.1, 0.15) is 11.4 Å². The van der Waals surface area contributed by atoms with E-state index >= 15 is 0 Å². The van der Waals surface area contributed by atoms with Gasteiger partial charge in [0, 0.05) is 50.6 Å². The Labute approximate surface area is 195 Å². The molecule has 1 saturated heterocycles. The maximum atomic E-state index is 13.0. The van der Waals surface area contributed by atoms with Gasteiger partial charge in [-0.05, 0) is 42.5 Å². The molecule has 33 heavy (non-hydrogen) atoms. The Morgan fingerprint density at radius 1 is 1.18 bits per heavy atom. The molecule has 8 heteroatoms. The lowest BCUT2D eigenvalue weighted by molar-refractivity contribution is 0.0706. The molecule has 1 aromatic carbocycles. The van der Waals surface area contributed by atoms with E-state index < -0.39 is 0 Å². The van der Waals surface area contributed by atoms with Crippen LogP contribution in [0.25, 0.3) is 11.1 Å². The molecule has 1 aliphatic heterocycles. The fourth-order valence-corrected chi connectivity index (χ4v) is 4.16. The Morgan fingerprint density at radius 3 is 2.45 bits per heavy atom. The topological polar surface area (TPSA) is 87.2 Å². The molecule has 0 atom stereocenters. The number of ether oxygens (including phenoxy) is 1. The number of amides is 1. The number of hydrogen-bond acceptors (Lipinski definition) is 6. The predicted octanol–water partition coefficient (Wildman–Crippen LogP) is 4.08. The smallest absolute Gasteiger partial charge is 0.274 e. The summed E-state index contributed by atoms with van der Waals surface area (Å²) in [4.78, 5) is 26.3. The molecule has 3 heterocycles. The Hall–Kier alpha value is -3.42. The summed E-state index contributed by atoms with van der Waals surface area (Å²) in [5.74, 6) is 2.06. The van der Waals surface area contributed by atoms with Crippen molar-refractivity contribution in [1.82, 2.24) is 25.1 Å². The Bertz CT molecular complexity index is 1100. The summed E-state index contributed by atoms with van der Waals surface area (Å²) in [6.45, 7) is 5.52. The zero-order valence-electron chi connectivity index (χ0n) is 20.0. The van der Waals surface area contributed by atoms with Crippen molar-refractivity contribution in [2.45, 2.75) is 38.5 Å². The number of nitrogens with zero attached hydrogens (tertiary/aromatic N) is 5. The molecule has 3 aromatic rings. The molecule has 1 fully saturated rings. The number of hydrogen-bond donors (Lipinski definition) is 1. The van der Waals surface area contributed by atoms with Crippen molar-refractivity contribution in [3.05, 3.63) is 53.6 Å². The lowest BCUT2D eigenvalue weighted by Crippen LogP contribution is -2.38. The van der Waals surface area contributed by atoms with Crippen molar-refractivity contribution in [3.8, 4) is 16.9 Å². The number of aromatic amines is 1. The summed E-state index contributed by atoms with van der Waals surface area (Å²) >= 11 is 0. The van der Waals surface area contributed by atoms with Crippen molar-refractivity contribution in [3.63, 3.8) is 0 Å². The predicted molar refractivity (Wildman–Crippen MR) is 129 cm³/mol. The van der Waals surface area contributed by atoms with Gasteiger partial charge in [0.15, 0.2) is 0 Å². The minimum Gasteiger partial charge on any atom is -0.497 e. The molecule has 1 aliphatic rings. The van der Waals surface area contributed by atoms with E-state index in [2.05, 4.69) is 29.0 Å². The summed E-state index contributed by atoms with van der Waals surface area (Å²) in [5, 5.41) is 7.22. The second kappa shape index (κ2) is 9.60. The molecule has 4 rings (SSSR count). The fraction of sp³-hybridized carbons (Fsp3) is 0.440. The molecule has 8 nitrogen and oxygen atoms in total. The van der Waals surface area contributed by atoms with Crippen LogP contribution in [0.3, 0.4) is 0 Å². The highest BCUT2D eigenvalue weighted by molar-refractivity contribution is 5.92. The first-order valence-corrected chi connectivity index (χ1v) is 11.4. The van der Waals surface area contributed by atoms with E-state index in [4.69, 9.17) is 9.72 Å². The number of benzene rings is 1. The van der Waals surface area contributed by atoms with Crippen LogP contribution in [0.15, 0.2) is 36.5 Å². The third kappa shape index (κ3) is 4.84. The molecule has 1 N–H and O–H groups in total. The van der Waals surface area contributed by atoms with Gasteiger partial charge in [-0.1, -0.05) is 26.0 Å². The highest BCUT2D eigenvalue weighted by atomic mass is 16.5. The first-order chi connectivity index (χ1) is 15.9. The number of aromatic nitrogens is 4. The lowest BCUT2D eigenvalue weighted by atomic mass is 9.88.